The van der Waals surface area contributed by atoms with Gasteiger partial charge in [-0.15, -0.1) is 0 Å². The Balaban J connectivity index is 1.58. The van der Waals surface area contributed by atoms with Crippen molar-refractivity contribution in [2.45, 2.75) is 26.8 Å². The van der Waals surface area contributed by atoms with E-state index in [-0.39, 0.29) is 0 Å². The Hall–Kier alpha value is -3.53. The maximum atomic E-state index is 14.0. The van der Waals surface area contributed by atoms with Gasteiger partial charge in [0.25, 0.3) is 0 Å². The molecular formula is C21H19FN6. The number of aromatic nitrogens is 3. The fourth-order valence-corrected chi connectivity index (χ4v) is 3.41. The van der Waals surface area contributed by atoms with Crippen molar-refractivity contribution in [3.05, 3.63) is 70.7 Å². The summed E-state index contributed by atoms with van der Waals surface area (Å²) in [4.78, 5) is 15.0. The van der Waals surface area contributed by atoms with Gasteiger partial charge in [-0.1, -0.05) is 0 Å². The minimum atomic E-state index is -0.531. The van der Waals surface area contributed by atoms with Gasteiger partial charge in [0.1, 0.15) is 11.9 Å². The third-order valence-electron chi connectivity index (χ3n) is 4.79. The monoisotopic (exact) mass is 374 g/mol. The molecular weight excluding hydrogens is 355 g/mol. The van der Waals surface area contributed by atoms with E-state index >= 15 is 0 Å². The Morgan fingerprint density at radius 1 is 1.18 bits per heavy atom. The highest BCUT2D eigenvalue weighted by atomic mass is 19.1. The summed E-state index contributed by atoms with van der Waals surface area (Å²) < 4.78 is 14.0. The topological polar surface area (TPSA) is 77.7 Å². The van der Waals surface area contributed by atoms with Crippen LogP contribution < -0.4 is 10.2 Å². The molecule has 0 unspecified atom stereocenters. The first kappa shape index (κ1) is 17.9. The summed E-state index contributed by atoms with van der Waals surface area (Å²) in [6.45, 7) is 5.18. The van der Waals surface area contributed by atoms with Crippen LogP contribution >= 0.6 is 0 Å². The fourth-order valence-electron chi connectivity index (χ4n) is 3.41. The van der Waals surface area contributed by atoms with Crippen molar-refractivity contribution in [1.29, 1.82) is 5.26 Å². The second-order valence-electron chi connectivity index (χ2n) is 6.89. The number of rotatable bonds is 3. The number of hydrogen-bond donors (Lipinski definition) is 1. The third kappa shape index (κ3) is 3.49. The number of halogens is 1. The van der Waals surface area contributed by atoms with Gasteiger partial charge in [-0.25, -0.2) is 9.97 Å². The van der Waals surface area contributed by atoms with Crippen molar-refractivity contribution in [2.75, 3.05) is 16.8 Å². The maximum absolute atomic E-state index is 14.0. The Kier molecular flexibility index (Phi) is 4.62. The molecule has 0 atom stereocenters. The van der Waals surface area contributed by atoms with Crippen LogP contribution in [-0.4, -0.2) is 21.5 Å². The highest BCUT2D eigenvalue weighted by Gasteiger charge is 2.20. The molecule has 0 spiro atoms. The van der Waals surface area contributed by atoms with Crippen LogP contribution in [0.15, 0.2) is 36.7 Å². The molecule has 4 rings (SSSR count). The zero-order valence-electron chi connectivity index (χ0n) is 15.7. The molecule has 0 fully saturated rings. The average Bonchev–Trinajstić information content (AvgIpc) is 2.69. The molecule has 1 N–H and O–H groups in total. The standard InChI is InChI=1S/C21H19FN6/c1-13-7-15(9-23)10-25-21(13)28-6-5-18-16(12-28)8-17(11-24-18)27-19-4-3-14(2)26-20(19)22/h3-4,7-8,10-11,27H,5-6,12H2,1-2H3. The maximum Gasteiger partial charge on any atom is 0.236 e. The summed E-state index contributed by atoms with van der Waals surface area (Å²) in [6, 6.07) is 9.39. The van der Waals surface area contributed by atoms with Crippen molar-refractivity contribution >= 4 is 17.2 Å². The first-order valence-corrected chi connectivity index (χ1v) is 9.03. The van der Waals surface area contributed by atoms with E-state index in [1.165, 1.54) is 0 Å². The number of nitrogens with one attached hydrogen (secondary N) is 1. The molecule has 3 aromatic heterocycles. The zero-order chi connectivity index (χ0) is 19.7. The molecule has 1 aliphatic rings. The number of pyridine rings is 3. The third-order valence-corrected chi connectivity index (χ3v) is 4.79. The van der Waals surface area contributed by atoms with E-state index in [0.717, 1.165) is 41.3 Å². The van der Waals surface area contributed by atoms with Gasteiger partial charge in [0, 0.05) is 37.1 Å². The van der Waals surface area contributed by atoms with E-state index in [4.69, 9.17) is 5.26 Å². The lowest BCUT2D eigenvalue weighted by atomic mass is 10.0. The molecule has 0 amide bonds. The minimum absolute atomic E-state index is 0.324. The van der Waals surface area contributed by atoms with Crippen LogP contribution in [0.1, 0.15) is 28.1 Å². The van der Waals surface area contributed by atoms with Gasteiger partial charge >= 0.3 is 0 Å². The molecule has 6 nitrogen and oxygen atoms in total. The van der Waals surface area contributed by atoms with Gasteiger partial charge in [0.05, 0.1) is 23.1 Å². The lowest BCUT2D eigenvalue weighted by Gasteiger charge is -2.30. The van der Waals surface area contributed by atoms with Crippen molar-refractivity contribution in [3.8, 4) is 6.07 Å². The predicted octanol–water partition coefficient (Wildman–Crippen LogP) is 3.81. The van der Waals surface area contributed by atoms with Crippen LogP contribution in [0.5, 0.6) is 0 Å². The summed E-state index contributed by atoms with van der Waals surface area (Å²) in [5, 5.41) is 12.1. The molecule has 7 heteroatoms. The number of hydrogen-bond acceptors (Lipinski definition) is 6. The molecule has 0 aliphatic carbocycles. The van der Waals surface area contributed by atoms with Crippen molar-refractivity contribution in [3.63, 3.8) is 0 Å². The van der Waals surface area contributed by atoms with Gasteiger partial charge in [0.15, 0.2) is 0 Å². The van der Waals surface area contributed by atoms with Crippen molar-refractivity contribution < 1.29 is 4.39 Å². The van der Waals surface area contributed by atoms with E-state index in [9.17, 15) is 4.39 Å². The van der Waals surface area contributed by atoms with Crippen LogP contribution in [0.2, 0.25) is 0 Å². The lowest BCUT2D eigenvalue weighted by Crippen LogP contribution is -2.32. The molecule has 0 saturated heterocycles. The Morgan fingerprint density at radius 2 is 2.04 bits per heavy atom. The van der Waals surface area contributed by atoms with Gasteiger partial charge in [-0.3, -0.25) is 4.98 Å². The SMILES string of the molecule is Cc1ccc(Nc2cnc3c(c2)CN(c2ncc(C#N)cc2C)CC3)c(F)n1. The summed E-state index contributed by atoms with van der Waals surface area (Å²) in [5.41, 5.74) is 5.31. The van der Waals surface area contributed by atoms with E-state index in [1.54, 1.807) is 31.5 Å². The normalized spacial score (nSPS) is 13.0. The predicted molar refractivity (Wildman–Crippen MR) is 105 cm³/mol. The van der Waals surface area contributed by atoms with E-state index < -0.39 is 5.95 Å². The van der Waals surface area contributed by atoms with Crippen LogP contribution in [0, 0.1) is 31.1 Å². The molecule has 0 saturated carbocycles. The average molecular weight is 374 g/mol. The summed E-state index contributed by atoms with van der Waals surface area (Å²) in [5.74, 6) is 0.341. The molecule has 1 aliphatic heterocycles. The number of fused-ring (bicyclic) bond motifs is 1. The fraction of sp³-hybridized carbons (Fsp3) is 0.238. The van der Waals surface area contributed by atoms with Crippen LogP contribution in [-0.2, 0) is 13.0 Å². The first-order valence-electron chi connectivity index (χ1n) is 9.03. The highest BCUT2D eigenvalue weighted by molar-refractivity contribution is 5.60. The summed E-state index contributed by atoms with van der Waals surface area (Å²) in [7, 11) is 0. The van der Waals surface area contributed by atoms with E-state index in [1.807, 2.05) is 19.1 Å². The smallest absolute Gasteiger partial charge is 0.236 e. The second kappa shape index (κ2) is 7.24. The molecule has 3 aromatic rings. The van der Waals surface area contributed by atoms with Crippen molar-refractivity contribution in [1.82, 2.24) is 15.0 Å². The van der Waals surface area contributed by atoms with Crippen molar-refractivity contribution in [2.24, 2.45) is 0 Å². The number of aryl methyl sites for hydroxylation is 2. The van der Waals surface area contributed by atoms with Gasteiger partial charge < -0.3 is 10.2 Å². The number of nitrogens with zero attached hydrogens (tertiary/aromatic N) is 5. The molecule has 140 valence electrons. The first-order chi connectivity index (χ1) is 13.5. The molecule has 4 heterocycles. The van der Waals surface area contributed by atoms with E-state index in [0.29, 0.717) is 23.5 Å². The van der Waals surface area contributed by atoms with E-state index in [2.05, 4.69) is 31.2 Å². The Bertz CT molecular complexity index is 1090. The Morgan fingerprint density at radius 3 is 2.79 bits per heavy atom. The largest absolute Gasteiger partial charge is 0.352 e. The van der Waals surface area contributed by atoms with Gasteiger partial charge in [-0.05, 0) is 49.2 Å². The van der Waals surface area contributed by atoms with Gasteiger partial charge in [-0.2, -0.15) is 9.65 Å². The van der Waals surface area contributed by atoms with Crippen LogP contribution in [0.4, 0.5) is 21.6 Å². The zero-order valence-corrected chi connectivity index (χ0v) is 15.7. The van der Waals surface area contributed by atoms with Gasteiger partial charge in [0.2, 0.25) is 5.95 Å². The number of nitriles is 1. The highest BCUT2D eigenvalue weighted by Crippen LogP contribution is 2.27. The van der Waals surface area contributed by atoms with Crippen LogP contribution in [0.25, 0.3) is 0 Å². The molecule has 28 heavy (non-hydrogen) atoms. The molecule has 0 aromatic carbocycles. The minimum Gasteiger partial charge on any atom is -0.352 e. The Labute approximate surface area is 162 Å². The quantitative estimate of drug-likeness (QED) is 0.703. The summed E-state index contributed by atoms with van der Waals surface area (Å²) >= 11 is 0. The molecule has 0 radical (unpaired) electrons. The lowest BCUT2D eigenvalue weighted by molar-refractivity contribution is 0.584. The second-order valence-corrected chi connectivity index (χ2v) is 6.89. The molecule has 0 bridgehead atoms. The summed E-state index contributed by atoms with van der Waals surface area (Å²) in [6.07, 6.45) is 4.12. The van der Waals surface area contributed by atoms with Crippen LogP contribution in [0.3, 0.4) is 0 Å². The number of anilines is 3.